The topological polar surface area (TPSA) is 0 Å². The van der Waals surface area contributed by atoms with E-state index in [4.69, 9.17) is 0 Å². The van der Waals surface area contributed by atoms with Crippen LogP contribution in [0.15, 0.2) is 47.6 Å². The van der Waals surface area contributed by atoms with Gasteiger partial charge < -0.3 is 0 Å². The number of rotatable bonds is 1. The molecule has 0 aromatic carbocycles. The van der Waals surface area contributed by atoms with Crippen molar-refractivity contribution in [3.05, 3.63) is 47.6 Å². The van der Waals surface area contributed by atoms with Gasteiger partial charge in [0.05, 0.1) is 0 Å². The van der Waals surface area contributed by atoms with Crippen molar-refractivity contribution in [3.8, 4) is 0 Å². The first kappa shape index (κ1) is 8.55. The maximum atomic E-state index is 3.84. The fourth-order valence-corrected chi connectivity index (χ4v) is 2.23. The van der Waals surface area contributed by atoms with E-state index in [-0.39, 0.29) is 0 Å². The highest BCUT2D eigenvalue weighted by Gasteiger charge is 2.20. The summed E-state index contributed by atoms with van der Waals surface area (Å²) in [5.41, 5.74) is 4.39. The molecule has 0 nitrogen and oxygen atoms in total. The highest BCUT2D eigenvalue weighted by molar-refractivity contribution is 5.42. The van der Waals surface area contributed by atoms with Gasteiger partial charge in [-0.1, -0.05) is 30.9 Å². The van der Waals surface area contributed by atoms with E-state index in [1.165, 1.54) is 30.4 Å². The third-order valence-electron chi connectivity index (χ3n) is 3.07. The Hall–Kier alpha value is -1.04. The van der Waals surface area contributed by atoms with Crippen LogP contribution in [0.3, 0.4) is 0 Å². The van der Waals surface area contributed by atoms with E-state index < -0.39 is 0 Å². The average Bonchev–Trinajstić information content (AvgIpc) is 2.18. The van der Waals surface area contributed by atoms with E-state index in [9.17, 15) is 0 Å². The van der Waals surface area contributed by atoms with Gasteiger partial charge in [0.2, 0.25) is 0 Å². The summed E-state index contributed by atoms with van der Waals surface area (Å²) >= 11 is 0. The molecule has 0 saturated carbocycles. The Labute approximate surface area is 80.3 Å². The molecule has 0 heterocycles. The van der Waals surface area contributed by atoms with E-state index in [1.54, 1.807) is 5.57 Å². The van der Waals surface area contributed by atoms with Crippen LogP contribution in [0.1, 0.15) is 26.2 Å². The molecular weight excluding hydrogens is 156 g/mol. The lowest BCUT2D eigenvalue weighted by Gasteiger charge is -2.26. The predicted octanol–water partition coefficient (Wildman–Crippen LogP) is 3.79. The number of hydrogen-bond donors (Lipinski definition) is 0. The third-order valence-corrected chi connectivity index (χ3v) is 3.07. The summed E-state index contributed by atoms with van der Waals surface area (Å²) < 4.78 is 0. The van der Waals surface area contributed by atoms with Crippen molar-refractivity contribution >= 4 is 0 Å². The van der Waals surface area contributed by atoms with Crippen LogP contribution in [0.2, 0.25) is 0 Å². The quantitative estimate of drug-likeness (QED) is 0.564. The van der Waals surface area contributed by atoms with Crippen LogP contribution < -0.4 is 0 Å². The van der Waals surface area contributed by atoms with Crippen LogP contribution in [0.4, 0.5) is 0 Å². The Morgan fingerprint density at radius 3 is 3.15 bits per heavy atom. The van der Waals surface area contributed by atoms with Gasteiger partial charge in [0.25, 0.3) is 0 Å². The smallest absolute Gasteiger partial charge is 0.0121 e. The van der Waals surface area contributed by atoms with Crippen molar-refractivity contribution < 1.29 is 0 Å². The fourth-order valence-electron chi connectivity index (χ4n) is 2.23. The monoisotopic (exact) mass is 172 g/mol. The lowest BCUT2D eigenvalue weighted by molar-refractivity contribution is 0.553. The summed E-state index contributed by atoms with van der Waals surface area (Å²) in [6, 6.07) is 0. The minimum atomic E-state index is 0.786. The Bertz CT molecular complexity index is 313. The molecule has 0 spiro atoms. The third kappa shape index (κ3) is 1.53. The van der Waals surface area contributed by atoms with Crippen LogP contribution in [-0.2, 0) is 0 Å². The summed E-state index contributed by atoms with van der Waals surface area (Å²) in [4.78, 5) is 0. The largest absolute Gasteiger partial charge is 0.0988 e. The van der Waals surface area contributed by atoms with Gasteiger partial charge in [-0.3, -0.25) is 0 Å². The Balaban J connectivity index is 2.39. The highest BCUT2D eigenvalue weighted by atomic mass is 14.2. The first-order valence-corrected chi connectivity index (χ1v) is 5.01. The summed E-state index contributed by atoms with van der Waals surface area (Å²) in [7, 11) is 0. The molecule has 0 bridgehead atoms. The second-order valence-electron chi connectivity index (χ2n) is 3.94. The molecule has 0 fully saturated rings. The fraction of sp³-hybridized carbons (Fsp3) is 0.385. The molecule has 1 atom stereocenters. The van der Waals surface area contributed by atoms with Crippen molar-refractivity contribution in [1.82, 2.24) is 0 Å². The maximum Gasteiger partial charge on any atom is -0.0121 e. The lowest BCUT2D eigenvalue weighted by Crippen LogP contribution is -2.11. The van der Waals surface area contributed by atoms with E-state index in [1.807, 2.05) is 6.08 Å². The normalized spacial score (nSPS) is 26.8. The molecule has 0 radical (unpaired) electrons. The molecule has 0 aromatic heterocycles. The van der Waals surface area contributed by atoms with E-state index in [2.05, 4.69) is 31.7 Å². The minimum Gasteiger partial charge on any atom is -0.0988 e. The molecule has 0 N–H and O–H groups in total. The van der Waals surface area contributed by atoms with Gasteiger partial charge >= 0.3 is 0 Å². The lowest BCUT2D eigenvalue weighted by atomic mass is 9.78. The predicted molar refractivity (Wildman–Crippen MR) is 57.5 cm³/mol. The Morgan fingerprint density at radius 1 is 1.54 bits per heavy atom. The van der Waals surface area contributed by atoms with Gasteiger partial charge in [-0.25, -0.2) is 0 Å². The van der Waals surface area contributed by atoms with Gasteiger partial charge in [0.1, 0.15) is 0 Å². The second kappa shape index (κ2) is 3.37. The molecule has 0 aromatic rings. The second-order valence-corrected chi connectivity index (χ2v) is 3.94. The van der Waals surface area contributed by atoms with Crippen molar-refractivity contribution in [2.45, 2.75) is 26.2 Å². The van der Waals surface area contributed by atoms with Gasteiger partial charge in [0.15, 0.2) is 0 Å². The van der Waals surface area contributed by atoms with Crippen molar-refractivity contribution in [3.63, 3.8) is 0 Å². The van der Waals surface area contributed by atoms with Crippen LogP contribution >= 0.6 is 0 Å². The summed E-state index contributed by atoms with van der Waals surface area (Å²) in [5.74, 6) is 0.786. The van der Waals surface area contributed by atoms with Crippen LogP contribution in [0.5, 0.6) is 0 Å². The number of allylic oxidation sites excluding steroid dienone is 7. The molecule has 2 rings (SSSR count). The zero-order valence-electron chi connectivity index (χ0n) is 8.22. The molecule has 0 saturated heterocycles. The maximum absolute atomic E-state index is 3.84. The van der Waals surface area contributed by atoms with E-state index >= 15 is 0 Å². The summed E-state index contributed by atoms with van der Waals surface area (Å²) in [6.07, 6.45) is 12.6. The van der Waals surface area contributed by atoms with Crippen molar-refractivity contribution in [2.75, 3.05) is 0 Å². The molecule has 1 unspecified atom stereocenters. The highest BCUT2D eigenvalue weighted by Crippen LogP contribution is 2.35. The molecule has 0 amide bonds. The van der Waals surface area contributed by atoms with E-state index in [0.717, 1.165) is 5.92 Å². The first-order chi connectivity index (χ1) is 6.31. The SMILES string of the molecule is C=CC1=CC2=C(C)C=CCC2CC1. The van der Waals surface area contributed by atoms with Crippen molar-refractivity contribution in [1.29, 1.82) is 0 Å². The van der Waals surface area contributed by atoms with Crippen LogP contribution in [0.25, 0.3) is 0 Å². The molecular formula is C13H16. The summed E-state index contributed by atoms with van der Waals surface area (Å²) in [6.45, 7) is 6.05. The molecule has 13 heavy (non-hydrogen) atoms. The van der Waals surface area contributed by atoms with Crippen LogP contribution in [-0.4, -0.2) is 0 Å². The van der Waals surface area contributed by atoms with Crippen molar-refractivity contribution in [2.24, 2.45) is 5.92 Å². The van der Waals surface area contributed by atoms with Gasteiger partial charge in [-0.05, 0) is 48.8 Å². The van der Waals surface area contributed by atoms with Gasteiger partial charge in [0, 0.05) is 0 Å². The first-order valence-electron chi connectivity index (χ1n) is 5.01. The van der Waals surface area contributed by atoms with Gasteiger partial charge in [-0.15, -0.1) is 0 Å². The number of fused-ring (bicyclic) bond motifs is 1. The zero-order chi connectivity index (χ0) is 9.26. The number of hydrogen-bond acceptors (Lipinski definition) is 0. The standard InChI is InChI=1S/C13H16/c1-3-11-7-8-12-6-4-5-10(2)13(12)9-11/h3-5,9,12H,1,6-8H2,2H3. The van der Waals surface area contributed by atoms with E-state index in [0.29, 0.717) is 0 Å². The molecule has 0 heteroatoms. The Kier molecular flexibility index (Phi) is 2.22. The molecule has 2 aliphatic rings. The molecule has 68 valence electrons. The summed E-state index contributed by atoms with van der Waals surface area (Å²) in [5, 5.41) is 0. The molecule has 2 aliphatic carbocycles. The Morgan fingerprint density at radius 2 is 2.38 bits per heavy atom. The molecule has 0 aliphatic heterocycles. The van der Waals surface area contributed by atoms with Gasteiger partial charge in [-0.2, -0.15) is 0 Å². The zero-order valence-corrected chi connectivity index (χ0v) is 8.22. The van der Waals surface area contributed by atoms with Crippen LogP contribution in [0, 0.1) is 5.92 Å². The average molecular weight is 172 g/mol. The minimum absolute atomic E-state index is 0.786.